The Morgan fingerprint density at radius 1 is 1.19 bits per heavy atom. The standard InChI is InChI=1S/C16H28N4S/c1-6-8-17-15-13(5)16(19-14(7-2)18-15)20-9-11(3)21-12(4)10-20/h11-12H,6-10H2,1-5H3,(H,17,18,19). The molecule has 2 rings (SSSR count). The number of hydrogen-bond donors (Lipinski definition) is 1. The van der Waals surface area contributed by atoms with E-state index < -0.39 is 0 Å². The zero-order valence-electron chi connectivity index (χ0n) is 13.9. The quantitative estimate of drug-likeness (QED) is 0.901. The van der Waals surface area contributed by atoms with Crippen molar-refractivity contribution in [2.45, 2.75) is 58.0 Å². The van der Waals surface area contributed by atoms with E-state index in [1.165, 1.54) is 5.56 Å². The van der Waals surface area contributed by atoms with Crippen molar-refractivity contribution in [2.24, 2.45) is 0 Å². The molecule has 21 heavy (non-hydrogen) atoms. The highest BCUT2D eigenvalue weighted by Crippen LogP contribution is 2.31. The molecule has 118 valence electrons. The molecule has 2 heterocycles. The van der Waals surface area contributed by atoms with Gasteiger partial charge >= 0.3 is 0 Å². The van der Waals surface area contributed by atoms with Crippen molar-refractivity contribution in [1.82, 2.24) is 9.97 Å². The zero-order valence-corrected chi connectivity index (χ0v) is 14.8. The molecule has 0 spiro atoms. The van der Waals surface area contributed by atoms with Crippen LogP contribution in [0.5, 0.6) is 0 Å². The number of rotatable bonds is 5. The summed E-state index contributed by atoms with van der Waals surface area (Å²) >= 11 is 2.07. The van der Waals surface area contributed by atoms with E-state index in [1.54, 1.807) is 0 Å². The summed E-state index contributed by atoms with van der Waals surface area (Å²) in [7, 11) is 0. The van der Waals surface area contributed by atoms with E-state index in [-0.39, 0.29) is 0 Å². The summed E-state index contributed by atoms with van der Waals surface area (Å²) in [5.74, 6) is 3.07. The number of thioether (sulfide) groups is 1. The minimum Gasteiger partial charge on any atom is -0.370 e. The monoisotopic (exact) mass is 308 g/mol. The van der Waals surface area contributed by atoms with Crippen LogP contribution in [0.2, 0.25) is 0 Å². The van der Waals surface area contributed by atoms with Gasteiger partial charge < -0.3 is 10.2 Å². The van der Waals surface area contributed by atoms with Crippen LogP contribution >= 0.6 is 11.8 Å². The number of anilines is 2. The van der Waals surface area contributed by atoms with Crippen LogP contribution in [0.4, 0.5) is 11.6 Å². The van der Waals surface area contributed by atoms with Gasteiger partial charge in [0.1, 0.15) is 17.5 Å². The van der Waals surface area contributed by atoms with E-state index in [1.807, 2.05) is 0 Å². The fourth-order valence-electron chi connectivity index (χ4n) is 2.78. The zero-order chi connectivity index (χ0) is 15.4. The number of nitrogens with zero attached hydrogens (tertiary/aromatic N) is 3. The van der Waals surface area contributed by atoms with Gasteiger partial charge in [0, 0.05) is 42.1 Å². The maximum atomic E-state index is 4.82. The Morgan fingerprint density at radius 3 is 2.43 bits per heavy atom. The third kappa shape index (κ3) is 4.02. The number of nitrogens with one attached hydrogen (secondary N) is 1. The van der Waals surface area contributed by atoms with E-state index in [4.69, 9.17) is 4.98 Å². The molecule has 0 bridgehead atoms. The van der Waals surface area contributed by atoms with Crippen molar-refractivity contribution < 1.29 is 0 Å². The first-order valence-corrected chi connectivity index (χ1v) is 9.01. The van der Waals surface area contributed by atoms with Crippen LogP contribution in [0.3, 0.4) is 0 Å². The van der Waals surface area contributed by atoms with Crippen LogP contribution in [-0.4, -0.2) is 40.1 Å². The van der Waals surface area contributed by atoms with Crippen molar-refractivity contribution >= 4 is 23.4 Å². The van der Waals surface area contributed by atoms with Crippen molar-refractivity contribution in [2.75, 3.05) is 29.9 Å². The molecule has 5 heteroatoms. The van der Waals surface area contributed by atoms with Gasteiger partial charge in [-0.1, -0.05) is 27.7 Å². The van der Waals surface area contributed by atoms with Crippen LogP contribution in [-0.2, 0) is 6.42 Å². The lowest BCUT2D eigenvalue weighted by atomic mass is 10.2. The van der Waals surface area contributed by atoms with Crippen LogP contribution in [0.15, 0.2) is 0 Å². The summed E-state index contributed by atoms with van der Waals surface area (Å²) in [6.45, 7) is 14.2. The van der Waals surface area contributed by atoms with Crippen LogP contribution in [0.25, 0.3) is 0 Å². The molecule has 0 amide bonds. The van der Waals surface area contributed by atoms with E-state index in [2.05, 4.69) is 61.6 Å². The smallest absolute Gasteiger partial charge is 0.137 e. The third-order valence-corrected chi connectivity index (χ3v) is 4.97. The second kappa shape index (κ2) is 7.34. The highest BCUT2D eigenvalue weighted by molar-refractivity contribution is 8.00. The Morgan fingerprint density at radius 2 is 1.86 bits per heavy atom. The van der Waals surface area contributed by atoms with Gasteiger partial charge in [-0.2, -0.15) is 11.8 Å². The summed E-state index contributed by atoms with van der Waals surface area (Å²) in [6, 6.07) is 0. The van der Waals surface area contributed by atoms with E-state index in [0.29, 0.717) is 10.5 Å². The molecule has 1 aromatic heterocycles. The molecule has 1 fully saturated rings. The average molecular weight is 308 g/mol. The van der Waals surface area contributed by atoms with Gasteiger partial charge in [-0.15, -0.1) is 0 Å². The van der Waals surface area contributed by atoms with Gasteiger partial charge in [0.05, 0.1) is 0 Å². The second-order valence-electron chi connectivity index (χ2n) is 5.88. The predicted molar refractivity (Wildman–Crippen MR) is 93.7 cm³/mol. The molecule has 0 saturated carbocycles. The van der Waals surface area contributed by atoms with Gasteiger partial charge in [0.15, 0.2) is 0 Å². The molecule has 0 aromatic carbocycles. The first kappa shape index (κ1) is 16.4. The van der Waals surface area contributed by atoms with Gasteiger partial charge in [-0.25, -0.2) is 9.97 Å². The number of hydrogen-bond acceptors (Lipinski definition) is 5. The molecule has 1 aliphatic rings. The maximum absolute atomic E-state index is 4.82. The Kier molecular flexibility index (Phi) is 5.73. The molecule has 1 aliphatic heterocycles. The first-order chi connectivity index (χ1) is 10.0. The Hall–Kier alpha value is -0.970. The second-order valence-corrected chi connectivity index (χ2v) is 7.76. The molecule has 1 N–H and O–H groups in total. The molecular formula is C16H28N4S. The number of aromatic nitrogens is 2. The molecule has 2 unspecified atom stereocenters. The fourth-order valence-corrected chi connectivity index (χ4v) is 4.11. The molecule has 1 aromatic rings. The van der Waals surface area contributed by atoms with Crippen molar-refractivity contribution in [3.8, 4) is 0 Å². The molecular weight excluding hydrogens is 280 g/mol. The third-order valence-electron chi connectivity index (χ3n) is 3.74. The molecule has 1 saturated heterocycles. The minimum absolute atomic E-state index is 0.653. The van der Waals surface area contributed by atoms with E-state index >= 15 is 0 Å². The van der Waals surface area contributed by atoms with Crippen LogP contribution in [0.1, 0.15) is 45.5 Å². The molecule has 0 radical (unpaired) electrons. The number of aryl methyl sites for hydroxylation is 1. The normalized spacial score (nSPS) is 22.4. The van der Waals surface area contributed by atoms with Crippen molar-refractivity contribution in [1.29, 1.82) is 0 Å². The van der Waals surface area contributed by atoms with Crippen LogP contribution in [0, 0.1) is 6.92 Å². The maximum Gasteiger partial charge on any atom is 0.137 e. The SMILES string of the molecule is CCCNc1nc(CC)nc(N2CC(C)SC(C)C2)c1C. The van der Waals surface area contributed by atoms with Gasteiger partial charge in [0.25, 0.3) is 0 Å². The fraction of sp³-hybridized carbons (Fsp3) is 0.750. The highest BCUT2D eigenvalue weighted by atomic mass is 32.2. The summed E-state index contributed by atoms with van der Waals surface area (Å²) in [6.07, 6.45) is 1.98. The first-order valence-electron chi connectivity index (χ1n) is 8.06. The minimum atomic E-state index is 0.653. The summed E-state index contributed by atoms with van der Waals surface area (Å²) < 4.78 is 0. The summed E-state index contributed by atoms with van der Waals surface area (Å²) in [4.78, 5) is 11.9. The lowest BCUT2D eigenvalue weighted by Gasteiger charge is -2.36. The van der Waals surface area contributed by atoms with Gasteiger partial charge in [0.2, 0.25) is 0 Å². The lowest BCUT2D eigenvalue weighted by Crippen LogP contribution is -2.41. The molecule has 2 atom stereocenters. The molecule has 4 nitrogen and oxygen atoms in total. The highest BCUT2D eigenvalue weighted by Gasteiger charge is 2.25. The Labute approximate surface area is 133 Å². The van der Waals surface area contributed by atoms with E-state index in [9.17, 15) is 0 Å². The molecule has 0 aliphatic carbocycles. The van der Waals surface area contributed by atoms with Crippen LogP contribution < -0.4 is 10.2 Å². The Bertz CT molecular complexity index is 468. The largest absolute Gasteiger partial charge is 0.370 e. The average Bonchev–Trinajstić information content (AvgIpc) is 2.45. The van der Waals surface area contributed by atoms with E-state index in [0.717, 1.165) is 49.9 Å². The summed E-state index contributed by atoms with van der Waals surface area (Å²) in [5.41, 5.74) is 1.19. The van der Waals surface area contributed by atoms with Crippen molar-refractivity contribution in [3.05, 3.63) is 11.4 Å². The Balaban J connectivity index is 2.32. The lowest BCUT2D eigenvalue weighted by molar-refractivity contribution is 0.710. The van der Waals surface area contributed by atoms with Gasteiger partial charge in [-0.05, 0) is 13.3 Å². The summed E-state index contributed by atoms with van der Waals surface area (Å²) in [5, 5.41) is 4.76. The van der Waals surface area contributed by atoms with Gasteiger partial charge in [-0.3, -0.25) is 0 Å². The topological polar surface area (TPSA) is 41.1 Å². The predicted octanol–water partition coefficient (Wildman–Crippen LogP) is 3.50. The van der Waals surface area contributed by atoms with Crippen molar-refractivity contribution in [3.63, 3.8) is 0 Å².